The predicted molar refractivity (Wildman–Crippen MR) is 69.9 cm³/mol. The zero-order valence-corrected chi connectivity index (χ0v) is 10.9. The van der Waals surface area contributed by atoms with Crippen LogP contribution >= 0.6 is 0 Å². The third kappa shape index (κ3) is 2.80. The molecule has 1 aliphatic rings. The molecule has 100 valence electrons. The fourth-order valence-electron chi connectivity index (χ4n) is 2.20. The first-order valence-corrected chi connectivity index (χ1v) is 5.97. The minimum atomic E-state index is -0.542. The van der Waals surface area contributed by atoms with Crippen molar-refractivity contribution < 1.29 is 4.92 Å². The van der Waals surface area contributed by atoms with Gasteiger partial charge in [0.2, 0.25) is 0 Å². The van der Waals surface area contributed by atoms with Gasteiger partial charge in [-0.25, -0.2) is 4.98 Å². The molecule has 0 saturated carbocycles. The maximum absolute atomic E-state index is 10.7. The van der Waals surface area contributed by atoms with E-state index in [1.54, 1.807) is 0 Å². The first-order chi connectivity index (χ1) is 8.93. The van der Waals surface area contributed by atoms with Crippen molar-refractivity contribution in [2.75, 3.05) is 24.5 Å². The minimum Gasteiger partial charge on any atom is -0.352 e. The van der Waals surface area contributed by atoms with Gasteiger partial charge < -0.3 is 10.2 Å². The van der Waals surface area contributed by atoms with E-state index in [4.69, 9.17) is 5.26 Å². The molecule has 0 bridgehead atoms. The van der Waals surface area contributed by atoms with Crippen molar-refractivity contribution in [3.8, 4) is 6.07 Å². The van der Waals surface area contributed by atoms with Crippen molar-refractivity contribution >= 4 is 11.5 Å². The summed E-state index contributed by atoms with van der Waals surface area (Å²) in [5.74, 6) is 0.516. The van der Waals surface area contributed by atoms with Crippen LogP contribution in [0.4, 0.5) is 11.5 Å². The van der Waals surface area contributed by atoms with E-state index < -0.39 is 4.92 Å². The standard InChI is InChI=1S/C12H15N5O2/c1-12(2)8-16(4-3-15-12)11-9(6-13)5-10(7-14-11)17(18)19/h5,7,15H,3-4,8H2,1-2H3. The highest BCUT2D eigenvalue weighted by molar-refractivity contribution is 5.57. The molecule has 7 nitrogen and oxygen atoms in total. The molecule has 19 heavy (non-hydrogen) atoms. The molecule has 0 aliphatic carbocycles. The Morgan fingerprint density at radius 3 is 2.95 bits per heavy atom. The quantitative estimate of drug-likeness (QED) is 0.631. The lowest BCUT2D eigenvalue weighted by molar-refractivity contribution is -0.385. The Morgan fingerprint density at radius 2 is 2.37 bits per heavy atom. The number of hydrogen-bond acceptors (Lipinski definition) is 6. The van der Waals surface area contributed by atoms with Gasteiger partial charge in [-0.3, -0.25) is 10.1 Å². The van der Waals surface area contributed by atoms with Crippen LogP contribution in [0.15, 0.2) is 12.3 Å². The van der Waals surface area contributed by atoms with Gasteiger partial charge in [-0.05, 0) is 13.8 Å². The van der Waals surface area contributed by atoms with Gasteiger partial charge in [0.05, 0.1) is 4.92 Å². The number of aromatic nitrogens is 1. The van der Waals surface area contributed by atoms with E-state index in [-0.39, 0.29) is 16.8 Å². The molecule has 0 atom stereocenters. The molecule has 1 saturated heterocycles. The predicted octanol–water partition coefficient (Wildman–Crippen LogP) is 1.05. The molecule has 0 radical (unpaired) electrons. The fraction of sp³-hybridized carbons (Fsp3) is 0.500. The van der Waals surface area contributed by atoms with E-state index in [1.807, 2.05) is 11.0 Å². The van der Waals surface area contributed by atoms with Crippen LogP contribution in [0.1, 0.15) is 19.4 Å². The first kappa shape index (κ1) is 13.2. The third-order valence-corrected chi connectivity index (χ3v) is 3.05. The van der Waals surface area contributed by atoms with Crippen molar-refractivity contribution in [2.45, 2.75) is 19.4 Å². The summed E-state index contributed by atoms with van der Waals surface area (Å²) in [7, 11) is 0. The van der Waals surface area contributed by atoms with Gasteiger partial charge in [0.25, 0.3) is 5.69 Å². The molecule has 0 spiro atoms. The number of hydrogen-bond donors (Lipinski definition) is 1. The van der Waals surface area contributed by atoms with Gasteiger partial charge in [0, 0.05) is 31.2 Å². The van der Waals surface area contributed by atoms with Crippen molar-refractivity contribution in [2.24, 2.45) is 0 Å². The average molecular weight is 261 g/mol. The summed E-state index contributed by atoms with van der Waals surface area (Å²) in [6, 6.07) is 3.26. The Hall–Kier alpha value is -2.20. The molecule has 2 rings (SSSR count). The van der Waals surface area contributed by atoms with Crippen molar-refractivity contribution in [3.05, 3.63) is 27.9 Å². The highest BCUT2D eigenvalue weighted by Crippen LogP contribution is 2.24. The maximum atomic E-state index is 10.7. The van der Waals surface area contributed by atoms with Crippen LogP contribution in [0, 0.1) is 21.4 Å². The third-order valence-electron chi connectivity index (χ3n) is 3.05. The lowest BCUT2D eigenvalue weighted by Crippen LogP contribution is -2.57. The summed E-state index contributed by atoms with van der Waals surface area (Å²) < 4.78 is 0. The summed E-state index contributed by atoms with van der Waals surface area (Å²) in [4.78, 5) is 16.2. The van der Waals surface area contributed by atoms with E-state index >= 15 is 0 Å². The van der Waals surface area contributed by atoms with E-state index in [9.17, 15) is 10.1 Å². The molecule has 0 unspecified atom stereocenters. The Bertz CT molecular complexity index is 550. The molecular weight excluding hydrogens is 246 g/mol. The molecule has 0 amide bonds. The molecule has 1 fully saturated rings. The number of nitro groups is 1. The number of anilines is 1. The molecular formula is C12H15N5O2. The highest BCUT2D eigenvalue weighted by atomic mass is 16.6. The number of rotatable bonds is 2. The SMILES string of the molecule is CC1(C)CN(c2ncc([N+](=O)[O-])cc2C#N)CCN1. The average Bonchev–Trinajstić information content (AvgIpc) is 2.36. The Balaban J connectivity index is 2.35. The molecule has 7 heteroatoms. The second-order valence-corrected chi connectivity index (χ2v) is 5.17. The minimum absolute atomic E-state index is 0.0750. The maximum Gasteiger partial charge on any atom is 0.289 e. The van der Waals surface area contributed by atoms with Crippen LogP contribution in [-0.4, -0.2) is 35.1 Å². The van der Waals surface area contributed by atoms with E-state index in [0.29, 0.717) is 12.4 Å². The zero-order chi connectivity index (χ0) is 14.0. The Morgan fingerprint density at radius 1 is 1.63 bits per heavy atom. The van der Waals surface area contributed by atoms with Crippen molar-refractivity contribution in [3.63, 3.8) is 0 Å². The van der Waals surface area contributed by atoms with E-state index in [0.717, 1.165) is 13.1 Å². The van der Waals surface area contributed by atoms with Crippen LogP contribution < -0.4 is 10.2 Å². The molecule has 1 N–H and O–H groups in total. The lowest BCUT2D eigenvalue weighted by Gasteiger charge is -2.39. The number of nitriles is 1. The zero-order valence-electron chi connectivity index (χ0n) is 10.9. The highest BCUT2D eigenvalue weighted by Gasteiger charge is 2.28. The first-order valence-electron chi connectivity index (χ1n) is 5.97. The summed E-state index contributed by atoms with van der Waals surface area (Å²) in [5.41, 5.74) is 0.00984. The number of pyridine rings is 1. The van der Waals surface area contributed by atoms with Gasteiger partial charge in [-0.2, -0.15) is 5.26 Å². The van der Waals surface area contributed by atoms with Crippen molar-refractivity contribution in [1.82, 2.24) is 10.3 Å². The summed E-state index contributed by atoms with van der Waals surface area (Å²) in [6.07, 6.45) is 1.20. The lowest BCUT2D eigenvalue weighted by atomic mass is 10.0. The largest absolute Gasteiger partial charge is 0.352 e. The van der Waals surface area contributed by atoms with Crippen LogP contribution in [-0.2, 0) is 0 Å². The second kappa shape index (κ2) is 4.82. The summed E-state index contributed by atoms with van der Waals surface area (Å²) in [5, 5.41) is 23.2. The molecule has 0 aromatic carbocycles. The Labute approximate surface area is 111 Å². The second-order valence-electron chi connectivity index (χ2n) is 5.17. The van der Waals surface area contributed by atoms with Crippen molar-refractivity contribution in [1.29, 1.82) is 5.26 Å². The molecule has 1 aromatic heterocycles. The Kier molecular flexibility index (Phi) is 3.36. The monoisotopic (exact) mass is 261 g/mol. The number of piperazine rings is 1. The molecule has 2 heterocycles. The van der Waals surface area contributed by atoms with E-state index in [2.05, 4.69) is 24.1 Å². The van der Waals surface area contributed by atoms with Gasteiger partial charge in [0.1, 0.15) is 23.6 Å². The fourth-order valence-corrected chi connectivity index (χ4v) is 2.20. The van der Waals surface area contributed by atoms with Crippen LogP contribution in [0.2, 0.25) is 0 Å². The molecule has 1 aliphatic heterocycles. The molecule has 1 aromatic rings. The number of nitrogens with zero attached hydrogens (tertiary/aromatic N) is 4. The van der Waals surface area contributed by atoms with Gasteiger partial charge in [-0.15, -0.1) is 0 Å². The smallest absolute Gasteiger partial charge is 0.289 e. The van der Waals surface area contributed by atoms with Gasteiger partial charge in [-0.1, -0.05) is 0 Å². The van der Waals surface area contributed by atoms with Gasteiger partial charge in [0.15, 0.2) is 0 Å². The van der Waals surface area contributed by atoms with Gasteiger partial charge >= 0.3 is 0 Å². The van der Waals surface area contributed by atoms with Crippen LogP contribution in [0.3, 0.4) is 0 Å². The summed E-state index contributed by atoms with van der Waals surface area (Å²) >= 11 is 0. The van der Waals surface area contributed by atoms with E-state index in [1.165, 1.54) is 12.3 Å². The van der Waals surface area contributed by atoms with Crippen LogP contribution in [0.25, 0.3) is 0 Å². The summed E-state index contributed by atoms with van der Waals surface area (Å²) in [6.45, 7) is 6.35. The topological polar surface area (TPSA) is 95.1 Å². The normalized spacial score (nSPS) is 17.8. The number of nitrogens with one attached hydrogen (secondary N) is 1. The van der Waals surface area contributed by atoms with Crippen LogP contribution in [0.5, 0.6) is 0 Å².